The highest BCUT2D eigenvalue weighted by atomic mass is 35.5. The number of thiophene rings is 1. The largest absolute Gasteiger partial charge is 0.508 e. The Bertz CT molecular complexity index is 2820. The number of hydrogen-bond donors (Lipinski definition) is 3. The van der Waals surface area contributed by atoms with E-state index < -0.39 is 6.04 Å². The van der Waals surface area contributed by atoms with Crippen molar-refractivity contribution in [3.8, 4) is 33.6 Å². The number of aliphatic imine (C=N–C) groups is 1. The fourth-order valence-corrected chi connectivity index (χ4v) is 11.1. The second kappa shape index (κ2) is 20.9. The van der Waals surface area contributed by atoms with Crippen LogP contribution in [-0.2, 0) is 11.3 Å². The number of nitrogens with zero attached hydrogens (tertiary/aromatic N) is 11. The van der Waals surface area contributed by atoms with E-state index in [1.165, 1.54) is 22.6 Å². The van der Waals surface area contributed by atoms with Crippen LogP contribution in [0, 0.1) is 26.7 Å². The number of rotatable bonds is 15. The first-order valence-corrected chi connectivity index (χ1v) is 25.2. The maximum absolute atomic E-state index is 14.1. The zero-order valence-electron chi connectivity index (χ0n) is 40.0. The Morgan fingerprint density at radius 2 is 1.55 bits per heavy atom. The van der Waals surface area contributed by atoms with Crippen molar-refractivity contribution in [1.29, 1.82) is 0 Å². The third-order valence-corrected chi connectivity index (χ3v) is 15.4. The highest BCUT2D eigenvalue weighted by Gasteiger charge is 2.35. The Hall–Kier alpha value is -5.98. The summed E-state index contributed by atoms with van der Waals surface area (Å²) in [5.74, 6) is 1.88. The molecule has 3 aromatic heterocycles. The van der Waals surface area contributed by atoms with Crippen LogP contribution in [0.4, 0.5) is 0 Å². The Kier molecular flexibility index (Phi) is 14.6. The Balaban J connectivity index is 0.793. The third kappa shape index (κ3) is 10.3. The molecule has 3 aromatic carbocycles. The summed E-state index contributed by atoms with van der Waals surface area (Å²) in [5, 5.41) is 43.1. The van der Waals surface area contributed by atoms with Crippen molar-refractivity contribution < 1.29 is 19.8 Å². The average Bonchev–Trinajstić information content (AvgIpc) is 4.02. The molecule has 0 radical (unpaired) electrons. The minimum Gasteiger partial charge on any atom is -0.508 e. The average molecular weight is 974 g/mol. The lowest BCUT2D eigenvalue weighted by Crippen LogP contribution is -2.48. The summed E-state index contributed by atoms with van der Waals surface area (Å²) in [6, 6.07) is 19.6. The summed E-state index contributed by atoms with van der Waals surface area (Å²) in [6.07, 6.45) is 2.15. The number of amides is 2. The molecule has 0 spiro atoms. The van der Waals surface area contributed by atoms with Gasteiger partial charge in [-0.1, -0.05) is 49.7 Å². The number of fused-ring (bicyclic) bond motifs is 3. The van der Waals surface area contributed by atoms with Gasteiger partial charge in [0.25, 0.3) is 5.91 Å². The number of carbonyl (C=O) groups is 2. The number of likely N-dealkylation sites (tertiary alicyclic amines) is 1. The molecule has 2 fully saturated rings. The fourth-order valence-electron chi connectivity index (χ4n) is 9.80. The zero-order valence-corrected chi connectivity index (χ0v) is 41.6. The number of aromatic hydroxyl groups is 2. The highest BCUT2D eigenvalue weighted by molar-refractivity contribution is 7.15. The number of piperidine rings is 1. The van der Waals surface area contributed by atoms with E-state index >= 15 is 0 Å². The molecule has 1 atom stereocenters. The zero-order chi connectivity index (χ0) is 48.3. The smallest absolute Gasteiger partial charge is 0.289 e. The van der Waals surface area contributed by atoms with Gasteiger partial charge in [-0.2, -0.15) is 0 Å². The number of phenols is 2. The number of halogens is 1. The van der Waals surface area contributed by atoms with Gasteiger partial charge >= 0.3 is 0 Å². The number of aryl methyl sites for hydroxylation is 2. The van der Waals surface area contributed by atoms with E-state index in [-0.39, 0.29) is 35.6 Å². The Morgan fingerprint density at radius 3 is 2.25 bits per heavy atom. The maximum Gasteiger partial charge on any atom is 0.289 e. The van der Waals surface area contributed by atoms with E-state index in [0.717, 1.165) is 112 Å². The molecule has 6 heterocycles. The monoisotopic (exact) mass is 972 g/mol. The van der Waals surface area contributed by atoms with Crippen molar-refractivity contribution in [2.75, 3.05) is 72.0 Å². The van der Waals surface area contributed by atoms with Crippen molar-refractivity contribution in [2.24, 2.45) is 10.9 Å². The van der Waals surface area contributed by atoms with Crippen molar-refractivity contribution in [3.05, 3.63) is 116 Å². The molecular weight excluding hydrogens is 912 g/mol. The molecule has 0 bridgehead atoms. The summed E-state index contributed by atoms with van der Waals surface area (Å²) >= 11 is 8.02. The van der Waals surface area contributed by atoms with Gasteiger partial charge in [0.05, 0.1) is 17.7 Å². The van der Waals surface area contributed by atoms with Crippen LogP contribution < -0.4 is 5.32 Å². The summed E-state index contributed by atoms with van der Waals surface area (Å²) in [4.78, 5) is 43.4. The van der Waals surface area contributed by atoms with Gasteiger partial charge in [0.15, 0.2) is 11.6 Å². The standard InChI is InChI=1S/C51H61ClN12O4S/c1-6-59(7-2)23-20-53-50(68)49-58-56-47(41-17-16-40(65)28-43(41)66)64(49)39-14-8-35(9-15-39)30-60-24-26-61(27-25-60)31-36-18-21-62(22-19-36)44(67)29-42-48-57-55-34(5)63(48)51-45(32(3)33(4)69-51)46(54-42)37-10-12-38(52)13-11-37/h8-17,28,36,42,65-66H,6-7,18-27,29-31H2,1-5H3,(H,53,68)/t42-/m0/s1. The van der Waals surface area contributed by atoms with E-state index in [1.54, 1.807) is 22.0 Å². The summed E-state index contributed by atoms with van der Waals surface area (Å²) in [6.45, 7) is 20.4. The number of piperazine rings is 1. The predicted molar refractivity (Wildman–Crippen MR) is 269 cm³/mol. The second-order valence-corrected chi connectivity index (χ2v) is 20.0. The maximum atomic E-state index is 14.1. The molecule has 18 heteroatoms. The van der Waals surface area contributed by atoms with Gasteiger partial charge in [-0.05, 0) is 100 Å². The van der Waals surface area contributed by atoms with Crippen molar-refractivity contribution in [2.45, 2.75) is 66.5 Å². The van der Waals surface area contributed by atoms with Gasteiger partial charge in [0.2, 0.25) is 11.7 Å². The topological polar surface area (TPSA) is 173 Å². The van der Waals surface area contributed by atoms with E-state index in [2.05, 4.69) is 84.8 Å². The lowest BCUT2D eigenvalue weighted by Gasteiger charge is -2.39. The molecule has 6 aromatic rings. The van der Waals surface area contributed by atoms with E-state index in [9.17, 15) is 19.8 Å². The van der Waals surface area contributed by atoms with Crippen LogP contribution >= 0.6 is 22.9 Å². The van der Waals surface area contributed by atoms with Gasteiger partial charge in [0, 0.05) is 98.2 Å². The molecule has 0 unspecified atom stereocenters. The number of benzene rings is 3. The van der Waals surface area contributed by atoms with Gasteiger partial charge in [-0.15, -0.1) is 31.7 Å². The molecule has 2 saturated heterocycles. The molecule has 69 heavy (non-hydrogen) atoms. The van der Waals surface area contributed by atoms with E-state index in [4.69, 9.17) is 16.6 Å². The van der Waals surface area contributed by atoms with Gasteiger partial charge in [-0.25, -0.2) is 0 Å². The number of carbonyl (C=O) groups excluding carboxylic acids is 2. The predicted octanol–water partition coefficient (Wildman–Crippen LogP) is 6.98. The normalized spacial score (nSPS) is 16.9. The van der Waals surface area contributed by atoms with Crippen molar-refractivity contribution in [3.63, 3.8) is 0 Å². The Labute approximate surface area is 412 Å². The van der Waals surface area contributed by atoms with Crippen LogP contribution in [0.5, 0.6) is 11.5 Å². The van der Waals surface area contributed by atoms with Crippen LogP contribution in [0.1, 0.15) is 88.6 Å². The molecule has 2 amide bonds. The minimum absolute atomic E-state index is 0.0790. The molecule has 0 aliphatic carbocycles. The number of nitrogens with one attached hydrogen (secondary N) is 1. The molecule has 3 aliphatic heterocycles. The first-order valence-electron chi connectivity index (χ1n) is 24.0. The molecule has 362 valence electrons. The molecule has 9 rings (SSSR count). The van der Waals surface area contributed by atoms with Crippen LogP contribution in [0.3, 0.4) is 0 Å². The van der Waals surface area contributed by atoms with Crippen molar-refractivity contribution in [1.82, 2.24) is 54.4 Å². The summed E-state index contributed by atoms with van der Waals surface area (Å²) in [7, 11) is 0. The van der Waals surface area contributed by atoms with E-state index in [1.807, 2.05) is 48.2 Å². The molecule has 3 aliphatic rings. The van der Waals surface area contributed by atoms with Crippen LogP contribution in [0.25, 0.3) is 22.1 Å². The molecule has 16 nitrogen and oxygen atoms in total. The lowest BCUT2D eigenvalue weighted by molar-refractivity contribution is -0.133. The fraction of sp³-hybridized carbons (Fsp3) is 0.431. The SMILES string of the molecule is CCN(CC)CCNC(=O)c1nnc(-c2ccc(O)cc2O)n1-c1ccc(CN2CCN(CC3CCN(C(=O)C[C@@H]4N=C(c5ccc(Cl)cc5)c5c(sc(C)c5C)-n5c(C)nnc54)CC3)CC2)cc1. The summed E-state index contributed by atoms with van der Waals surface area (Å²) in [5.41, 5.74) is 6.21. The highest BCUT2D eigenvalue weighted by Crippen LogP contribution is 2.40. The van der Waals surface area contributed by atoms with Gasteiger partial charge in [-0.3, -0.25) is 28.6 Å². The van der Waals surface area contributed by atoms with Crippen LogP contribution in [0.15, 0.2) is 71.7 Å². The van der Waals surface area contributed by atoms with Gasteiger partial charge in [0.1, 0.15) is 28.4 Å². The first-order chi connectivity index (χ1) is 33.4. The number of phenolic OH excluding ortho intramolecular Hbond substituents is 2. The Morgan fingerprint density at radius 1 is 0.841 bits per heavy atom. The van der Waals surface area contributed by atoms with Crippen LogP contribution in [0.2, 0.25) is 5.02 Å². The van der Waals surface area contributed by atoms with Crippen LogP contribution in [-0.4, -0.2) is 149 Å². The summed E-state index contributed by atoms with van der Waals surface area (Å²) < 4.78 is 3.76. The lowest BCUT2D eigenvalue weighted by atomic mass is 9.95. The van der Waals surface area contributed by atoms with Crippen molar-refractivity contribution >= 4 is 40.5 Å². The number of hydrogen-bond acceptors (Lipinski definition) is 13. The number of likely N-dealkylation sites (N-methyl/N-ethyl adjacent to an activating group) is 1. The quantitative estimate of drug-likeness (QED) is 0.0970. The molecular formula is C51H61ClN12O4S. The first kappa shape index (κ1) is 48.1. The molecule has 3 N–H and O–H groups in total. The molecule has 0 saturated carbocycles. The second-order valence-electron chi connectivity index (χ2n) is 18.3. The van der Waals surface area contributed by atoms with Gasteiger partial charge < -0.3 is 30.2 Å². The van der Waals surface area contributed by atoms with E-state index in [0.29, 0.717) is 46.9 Å². The number of aromatic nitrogens is 6. The third-order valence-electron chi connectivity index (χ3n) is 14.0. The minimum atomic E-state index is -0.483.